The Morgan fingerprint density at radius 3 is 2.62 bits per heavy atom. The number of thiocarbonyl (C=S) groups is 1. The molecule has 1 amide bonds. The topological polar surface area (TPSA) is 55.8 Å². The van der Waals surface area contributed by atoms with Crippen LogP contribution in [0.3, 0.4) is 0 Å². The van der Waals surface area contributed by atoms with E-state index < -0.39 is 0 Å². The second-order valence-corrected chi connectivity index (χ2v) is 9.50. The van der Waals surface area contributed by atoms with Crippen molar-refractivity contribution in [2.45, 2.75) is 13.5 Å². The van der Waals surface area contributed by atoms with E-state index in [4.69, 9.17) is 33.3 Å². The van der Waals surface area contributed by atoms with Gasteiger partial charge in [-0.05, 0) is 48.9 Å². The molecule has 0 aromatic heterocycles. The van der Waals surface area contributed by atoms with E-state index in [1.807, 2.05) is 30.3 Å². The average molecular weight is 510 g/mol. The van der Waals surface area contributed by atoms with Gasteiger partial charge in [-0.15, -0.1) is 0 Å². The molecule has 1 saturated heterocycles. The quantitative estimate of drug-likeness (QED) is 0.205. The van der Waals surface area contributed by atoms with Crippen LogP contribution in [-0.2, 0) is 11.4 Å². The highest BCUT2D eigenvalue weighted by atomic mass is 35.5. The van der Waals surface area contributed by atoms with Crippen molar-refractivity contribution in [3.8, 4) is 11.5 Å². The van der Waals surface area contributed by atoms with Gasteiger partial charge in [0.2, 0.25) is 0 Å². The lowest BCUT2D eigenvalue weighted by Crippen LogP contribution is -2.27. The molecular formula is C26H20ClNO4S2. The molecule has 4 rings (SSSR count). The molecule has 0 unspecified atom stereocenters. The molecular weight excluding hydrogens is 490 g/mol. The molecule has 1 aliphatic heterocycles. The molecule has 0 radical (unpaired) electrons. The molecule has 3 aromatic rings. The zero-order valence-electron chi connectivity index (χ0n) is 18.4. The van der Waals surface area contributed by atoms with E-state index in [1.54, 1.807) is 49.6 Å². The fraction of sp³-hybridized carbons (Fsp3) is 0.115. The Labute approximate surface area is 212 Å². The number of ketones is 1. The Balaban J connectivity index is 1.55. The number of amides is 1. The van der Waals surface area contributed by atoms with Crippen molar-refractivity contribution in [3.63, 3.8) is 0 Å². The number of Topliss-reactive ketones (excluding diaryl/α,β-unsaturated/α-hetero) is 1. The molecule has 34 heavy (non-hydrogen) atoms. The number of hydrogen-bond acceptors (Lipinski definition) is 6. The lowest BCUT2D eigenvalue weighted by atomic mass is 10.1. The maximum Gasteiger partial charge on any atom is 0.270 e. The van der Waals surface area contributed by atoms with Gasteiger partial charge in [-0.3, -0.25) is 14.5 Å². The minimum absolute atomic E-state index is 0.0771. The highest BCUT2D eigenvalue weighted by molar-refractivity contribution is 8.27. The van der Waals surface area contributed by atoms with E-state index in [0.29, 0.717) is 43.6 Å². The Hall–Kier alpha value is -3.13. The van der Waals surface area contributed by atoms with E-state index in [1.165, 1.54) is 23.6 Å². The van der Waals surface area contributed by atoms with Crippen LogP contribution in [0.15, 0.2) is 71.6 Å². The number of carbonyl (C=O) groups is 2. The fourth-order valence-electron chi connectivity index (χ4n) is 3.37. The molecule has 0 saturated carbocycles. The second-order valence-electron chi connectivity index (χ2n) is 7.41. The van der Waals surface area contributed by atoms with Crippen molar-refractivity contribution >= 4 is 63.4 Å². The van der Waals surface area contributed by atoms with Crippen LogP contribution in [0.1, 0.15) is 28.4 Å². The summed E-state index contributed by atoms with van der Waals surface area (Å²) in [6.45, 7) is 1.78. The molecule has 1 aliphatic rings. The van der Waals surface area contributed by atoms with Gasteiger partial charge in [0.1, 0.15) is 6.61 Å². The van der Waals surface area contributed by atoms with E-state index in [0.717, 1.165) is 11.1 Å². The molecule has 172 valence electrons. The lowest BCUT2D eigenvalue weighted by Gasteiger charge is -2.15. The molecule has 0 atom stereocenters. The third kappa shape index (κ3) is 5.17. The maximum absolute atomic E-state index is 13.1. The zero-order chi connectivity index (χ0) is 24.2. The van der Waals surface area contributed by atoms with E-state index >= 15 is 0 Å². The Morgan fingerprint density at radius 1 is 1.09 bits per heavy atom. The van der Waals surface area contributed by atoms with Crippen LogP contribution in [0.5, 0.6) is 11.5 Å². The zero-order valence-corrected chi connectivity index (χ0v) is 20.8. The van der Waals surface area contributed by atoms with E-state index in [-0.39, 0.29) is 11.7 Å². The third-order valence-corrected chi connectivity index (χ3v) is 6.80. The van der Waals surface area contributed by atoms with Crippen LogP contribution in [0, 0.1) is 0 Å². The van der Waals surface area contributed by atoms with Crippen LogP contribution in [0.25, 0.3) is 6.08 Å². The minimum atomic E-state index is -0.242. The van der Waals surface area contributed by atoms with Gasteiger partial charge < -0.3 is 9.47 Å². The van der Waals surface area contributed by atoms with Crippen LogP contribution in [-0.4, -0.2) is 23.1 Å². The van der Waals surface area contributed by atoms with Crippen molar-refractivity contribution in [1.82, 2.24) is 0 Å². The average Bonchev–Trinajstić information content (AvgIpc) is 3.11. The predicted molar refractivity (Wildman–Crippen MR) is 141 cm³/mol. The summed E-state index contributed by atoms with van der Waals surface area (Å²) in [5.41, 5.74) is 2.72. The highest BCUT2D eigenvalue weighted by Gasteiger charge is 2.33. The number of anilines is 1. The number of rotatable bonds is 7. The van der Waals surface area contributed by atoms with Gasteiger partial charge in [-0.2, -0.15) is 0 Å². The minimum Gasteiger partial charge on any atom is -0.493 e. The first kappa shape index (κ1) is 24.0. The summed E-state index contributed by atoms with van der Waals surface area (Å²) in [4.78, 5) is 26.8. The SMILES string of the molecule is COc1cc(C=C2SC(=S)N(c3cccc(C(C)=O)c3)C2=O)ccc1OCc1ccccc1Cl. The van der Waals surface area contributed by atoms with Crippen molar-refractivity contribution in [1.29, 1.82) is 0 Å². The standard InChI is InChI=1S/C26H20ClNO4S2/c1-16(29)18-7-5-8-20(14-18)28-25(30)24(34-26(28)33)13-17-10-11-22(23(12-17)31-2)32-15-19-6-3-4-9-21(19)27/h3-14H,15H2,1-2H3. The van der Waals surface area contributed by atoms with Gasteiger partial charge in [-0.25, -0.2) is 0 Å². The third-order valence-electron chi connectivity index (χ3n) is 5.13. The molecule has 3 aromatic carbocycles. The number of nitrogens with zero attached hydrogens (tertiary/aromatic N) is 1. The number of thioether (sulfide) groups is 1. The predicted octanol–water partition coefficient (Wildman–Crippen LogP) is 6.54. The van der Waals surface area contributed by atoms with Crippen molar-refractivity contribution in [2.75, 3.05) is 12.0 Å². The summed E-state index contributed by atoms with van der Waals surface area (Å²) in [5.74, 6) is 0.777. The number of methoxy groups -OCH3 is 1. The van der Waals surface area contributed by atoms with Gasteiger partial charge in [0, 0.05) is 16.1 Å². The Bertz CT molecular complexity index is 1320. The summed E-state index contributed by atoms with van der Waals surface area (Å²) in [6.07, 6.45) is 1.76. The molecule has 1 heterocycles. The van der Waals surface area contributed by atoms with Crippen LogP contribution >= 0.6 is 35.6 Å². The van der Waals surface area contributed by atoms with Gasteiger partial charge in [0.05, 0.1) is 17.7 Å². The number of carbonyl (C=O) groups excluding carboxylic acids is 2. The summed E-state index contributed by atoms with van der Waals surface area (Å²) in [7, 11) is 1.56. The largest absolute Gasteiger partial charge is 0.493 e. The van der Waals surface area contributed by atoms with E-state index in [9.17, 15) is 9.59 Å². The van der Waals surface area contributed by atoms with E-state index in [2.05, 4.69) is 0 Å². The van der Waals surface area contributed by atoms with Gasteiger partial charge in [-0.1, -0.05) is 72.0 Å². The molecule has 0 N–H and O–H groups in total. The molecule has 1 fully saturated rings. The van der Waals surface area contributed by atoms with Crippen molar-refractivity contribution < 1.29 is 19.1 Å². The normalized spacial score (nSPS) is 14.6. The molecule has 0 bridgehead atoms. The first-order valence-electron chi connectivity index (χ1n) is 10.3. The van der Waals surface area contributed by atoms with Gasteiger partial charge in [0.15, 0.2) is 21.6 Å². The summed E-state index contributed by atoms with van der Waals surface area (Å²) in [6, 6.07) is 19.8. The summed E-state index contributed by atoms with van der Waals surface area (Å²) < 4.78 is 11.8. The molecule has 0 spiro atoms. The second kappa shape index (κ2) is 10.4. The highest BCUT2D eigenvalue weighted by Crippen LogP contribution is 2.37. The lowest BCUT2D eigenvalue weighted by molar-refractivity contribution is -0.113. The van der Waals surface area contributed by atoms with Crippen LogP contribution < -0.4 is 14.4 Å². The summed E-state index contributed by atoms with van der Waals surface area (Å²) >= 11 is 12.9. The number of benzene rings is 3. The van der Waals surface area contributed by atoms with Gasteiger partial charge in [0.25, 0.3) is 5.91 Å². The first-order chi connectivity index (χ1) is 16.4. The fourth-order valence-corrected chi connectivity index (χ4v) is 4.86. The first-order valence-corrected chi connectivity index (χ1v) is 11.9. The number of halogens is 1. The van der Waals surface area contributed by atoms with Crippen LogP contribution in [0.2, 0.25) is 5.02 Å². The van der Waals surface area contributed by atoms with Crippen LogP contribution in [0.4, 0.5) is 5.69 Å². The van der Waals surface area contributed by atoms with Crippen molar-refractivity contribution in [3.05, 3.63) is 93.3 Å². The summed E-state index contributed by atoms with van der Waals surface area (Å²) in [5, 5.41) is 0.633. The maximum atomic E-state index is 13.1. The number of ether oxygens (including phenoxy) is 2. The van der Waals surface area contributed by atoms with Crippen molar-refractivity contribution in [2.24, 2.45) is 0 Å². The Kier molecular flexibility index (Phi) is 7.36. The number of hydrogen-bond donors (Lipinski definition) is 0. The monoisotopic (exact) mass is 509 g/mol. The molecule has 5 nitrogen and oxygen atoms in total. The molecule has 0 aliphatic carbocycles. The smallest absolute Gasteiger partial charge is 0.270 e. The Morgan fingerprint density at radius 2 is 1.88 bits per heavy atom. The molecule has 8 heteroatoms. The van der Waals surface area contributed by atoms with Gasteiger partial charge >= 0.3 is 0 Å².